The number of aromatic nitrogens is 1. The number of carbonyl (C=O) groups is 2. The minimum Gasteiger partial charge on any atom is -0.462 e. The summed E-state index contributed by atoms with van der Waals surface area (Å²) in [6.07, 6.45) is 1.75. The lowest BCUT2D eigenvalue weighted by atomic mass is 9.87. The summed E-state index contributed by atoms with van der Waals surface area (Å²) >= 11 is 0. The monoisotopic (exact) mass is 321 g/mol. The first-order valence-electron chi connectivity index (χ1n) is 7.96. The van der Waals surface area contributed by atoms with E-state index in [-0.39, 0.29) is 5.78 Å². The first-order chi connectivity index (χ1) is 11.7. The normalized spacial score (nSPS) is 12.3. The Balaban J connectivity index is 1.86. The van der Waals surface area contributed by atoms with Crippen LogP contribution in [0.25, 0.3) is 22.2 Å². The summed E-state index contributed by atoms with van der Waals surface area (Å²) in [6.45, 7) is 2.39. The smallest absolute Gasteiger partial charge is 0.340 e. The number of unbranched alkanes of at least 4 members (excludes halogenated alkanes) is 1. The van der Waals surface area contributed by atoms with Crippen molar-refractivity contribution >= 4 is 22.7 Å². The molecule has 5 nitrogen and oxygen atoms in total. The van der Waals surface area contributed by atoms with E-state index in [0.717, 1.165) is 12.8 Å². The van der Waals surface area contributed by atoms with Gasteiger partial charge >= 0.3 is 5.97 Å². The van der Waals surface area contributed by atoms with Crippen LogP contribution in [0.15, 0.2) is 40.9 Å². The second-order valence-electron chi connectivity index (χ2n) is 5.76. The van der Waals surface area contributed by atoms with Crippen LogP contribution < -0.4 is 0 Å². The van der Waals surface area contributed by atoms with E-state index in [4.69, 9.17) is 9.26 Å². The predicted octanol–water partition coefficient (Wildman–Crippen LogP) is 4.00. The fourth-order valence-electron chi connectivity index (χ4n) is 3.00. The molecule has 24 heavy (non-hydrogen) atoms. The van der Waals surface area contributed by atoms with Gasteiger partial charge < -0.3 is 9.26 Å². The van der Waals surface area contributed by atoms with Crippen LogP contribution in [0.3, 0.4) is 0 Å². The second kappa shape index (κ2) is 5.60. The molecule has 0 fully saturated rings. The van der Waals surface area contributed by atoms with E-state index < -0.39 is 5.97 Å². The van der Waals surface area contributed by atoms with Gasteiger partial charge in [0.15, 0.2) is 11.5 Å². The van der Waals surface area contributed by atoms with Gasteiger partial charge in [-0.1, -0.05) is 42.8 Å². The Morgan fingerprint density at radius 3 is 2.71 bits per heavy atom. The highest BCUT2D eigenvalue weighted by atomic mass is 16.5. The van der Waals surface area contributed by atoms with Gasteiger partial charge in [-0.3, -0.25) is 4.79 Å². The first kappa shape index (κ1) is 14.6. The van der Waals surface area contributed by atoms with E-state index in [1.165, 1.54) is 0 Å². The van der Waals surface area contributed by atoms with E-state index in [0.29, 0.717) is 45.5 Å². The molecule has 5 heteroatoms. The third-order valence-corrected chi connectivity index (χ3v) is 4.25. The zero-order valence-electron chi connectivity index (χ0n) is 13.2. The van der Waals surface area contributed by atoms with E-state index >= 15 is 0 Å². The molecule has 1 aromatic heterocycles. The maximum absolute atomic E-state index is 12.7. The number of fused-ring (bicyclic) bond motifs is 2. The molecule has 1 heterocycles. The Kier molecular flexibility index (Phi) is 3.41. The number of hydrogen-bond acceptors (Lipinski definition) is 5. The van der Waals surface area contributed by atoms with Gasteiger partial charge in [0.1, 0.15) is 5.52 Å². The van der Waals surface area contributed by atoms with E-state index in [1.54, 1.807) is 18.2 Å². The zero-order chi connectivity index (χ0) is 16.7. The molecule has 0 spiro atoms. The largest absolute Gasteiger partial charge is 0.462 e. The Morgan fingerprint density at radius 2 is 1.92 bits per heavy atom. The number of rotatable bonds is 4. The molecular formula is C19H15NO4. The zero-order valence-corrected chi connectivity index (χ0v) is 13.2. The number of benzene rings is 2. The molecule has 0 atom stereocenters. The number of hydrogen-bond donors (Lipinski definition) is 0. The highest BCUT2D eigenvalue weighted by Gasteiger charge is 2.31. The summed E-state index contributed by atoms with van der Waals surface area (Å²) in [5, 5.41) is 4.63. The Bertz CT molecular complexity index is 971. The standard InChI is InChI=1S/C19H15NO4/c1-2-3-10-23-19(22)14-9-8-13-15-16(14)20-24-18(15)12-7-5-4-6-11(12)17(13)21/h4-9H,2-3,10H2,1H3. The molecule has 0 N–H and O–H groups in total. The maximum atomic E-state index is 12.7. The van der Waals surface area contributed by atoms with Crippen molar-refractivity contribution in [2.75, 3.05) is 6.61 Å². The highest BCUT2D eigenvalue weighted by molar-refractivity contribution is 6.26. The van der Waals surface area contributed by atoms with Crippen molar-refractivity contribution in [3.63, 3.8) is 0 Å². The summed E-state index contributed by atoms with van der Waals surface area (Å²) < 4.78 is 10.7. The molecule has 3 aromatic rings. The fraction of sp³-hybridized carbons (Fsp3) is 0.211. The summed E-state index contributed by atoms with van der Waals surface area (Å²) in [5.41, 5.74) is 2.50. The summed E-state index contributed by atoms with van der Waals surface area (Å²) in [5.74, 6) is -0.00299. The van der Waals surface area contributed by atoms with Crippen molar-refractivity contribution in [2.45, 2.75) is 19.8 Å². The van der Waals surface area contributed by atoms with Crippen LogP contribution in [-0.4, -0.2) is 23.5 Å². The van der Waals surface area contributed by atoms with Gasteiger partial charge in [-0.05, 0) is 18.6 Å². The molecule has 0 aliphatic heterocycles. The van der Waals surface area contributed by atoms with Gasteiger partial charge in [-0.25, -0.2) is 4.79 Å². The fourth-order valence-corrected chi connectivity index (χ4v) is 3.00. The number of esters is 1. The third kappa shape index (κ3) is 2.05. The van der Waals surface area contributed by atoms with Crippen molar-refractivity contribution in [1.82, 2.24) is 5.16 Å². The van der Waals surface area contributed by atoms with Gasteiger partial charge in [0.2, 0.25) is 0 Å². The lowest BCUT2D eigenvalue weighted by Crippen LogP contribution is -2.11. The van der Waals surface area contributed by atoms with Crippen LogP contribution >= 0.6 is 0 Å². The summed E-state index contributed by atoms with van der Waals surface area (Å²) in [6, 6.07) is 10.5. The van der Waals surface area contributed by atoms with Crippen LogP contribution in [0.2, 0.25) is 0 Å². The van der Waals surface area contributed by atoms with Gasteiger partial charge in [-0.15, -0.1) is 0 Å². The average molecular weight is 321 g/mol. The number of carbonyl (C=O) groups excluding carboxylic acids is 2. The van der Waals surface area contributed by atoms with Crippen LogP contribution in [0.4, 0.5) is 0 Å². The Morgan fingerprint density at radius 1 is 1.12 bits per heavy atom. The molecular weight excluding hydrogens is 306 g/mol. The summed E-state index contributed by atoms with van der Waals surface area (Å²) in [7, 11) is 0. The second-order valence-corrected chi connectivity index (χ2v) is 5.76. The third-order valence-electron chi connectivity index (χ3n) is 4.25. The van der Waals surface area contributed by atoms with Crippen molar-refractivity contribution in [2.24, 2.45) is 0 Å². The number of ketones is 1. The number of ether oxygens (including phenoxy) is 1. The Hall–Kier alpha value is -2.95. The average Bonchev–Trinajstić information content (AvgIpc) is 3.05. The predicted molar refractivity (Wildman–Crippen MR) is 88.1 cm³/mol. The SMILES string of the molecule is CCCCOC(=O)c1ccc2c3c(onc13)-c1ccccc1C2=O. The van der Waals surface area contributed by atoms with E-state index in [9.17, 15) is 9.59 Å². The molecule has 0 bridgehead atoms. The van der Waals surface area contributed by atoms with Crippen molar-refractivity contribution in [3.05, 3.63) is 53.1 Å². The van der Waals surface area contributed by atoms with Crippen LogP contribution in [0, 0.1) is 0 Å². The summed E-state index contributed by atoms with van der Waals surface area (Å²) in [4.78, 5) is 25.0. The van der Waals surface area contributed by atoms with Gasteiger partial charge in [0, 0.05) is 16.7 Å². The lowest BCUT2D eigenvalue weighted by Gasteiger charge is -2.14. The van der Waals surface area contributed by atoms with Crippen molar-refractivity contribution < 1.29 is 18.8 Å². The van der Waals surface area contributed by atoms with Gasteiger partial charge in [0.05, 0.1) is 17.6 Å². The molecule has 120 valence electrons. The topological polar surface area (TPSA) is 69.4 Å². The van der Waals surface area contributed by atoms with E-state index in [2.05, 4.69) is 5.16 Å². The molecule has 1 aliphatic rings. The van der Waals surface area contributed by atoms with Crippen LogP contribution in [0.1, 0.15) is 46.0 Å². The van der Waals surface area contributed by atoms with Gasteiger partial charge in [0.25, 0.3) is 0 Å². The van der Waals surface area contributed by atoms with E-state index in [1.807, 2.05) is 25.1 Å². The molecule has 4 rings (SSSR count). The molecule has 2 aromatic carbocycles. The minimum absolute atomic E-state index is 0.0859. The van der Waals surface area contributed by atoms with Crippen LogP contribution in [-0.2, 0) is 4.74 Å². The molecule has 0 amide bonds. The maximum Gasteiger partial charge on any atom is 0.340 e. The highest BCUT2D eigenvalue weighted by Crippen LogP contribution is 2.40. The van der Waals surface area contributed by atoms with Gasteiger partial charge in [-0.2, -0.15) is 0 Å². The molecule has 1 aliphatic carbocycles. The number of nitrogens with zero attached hydrogens (tertiary/aromatic N) is 1. The molecule has 0 saturated heterocycles. The van der Waals surface area contributed by atoms with Crippen LogP contribution in [0.5, 0.6) is 0 Å². The van der Waals surface area contributed by atoms with Crippen molar-refractivity contribution in [3.8, 4) is 11.3 Å². The van der Waals surface area contributed by atoms with Crippen molar-refractivity contribution in [1.29, 1.82) is 0 Å². The molecule has 0 saturated carbocycles. The first-order valence-corrected chi connectivity index (χ1v) is 7.96. The molecule has 0 unspecified atom stereocenters. The molecule has 0 radical (unpaired) electrons. The quantitative estimate of drug-likeness (QED) is 0.420. The minimum atomic E-state index is -0.443. The Labute approximate surface area is 138 Å². The lowest BCUT2D eigenvalue weighted by molar-refractivity contribution is 0.0501.